The fourth-order valence-electron chi connectivity index (χ4n) is 3.53. The Balaban J connectivity index is 1.50. The van der Waals surface area contributed by atoms with E-state index in [4.69, 9.17) is 34.8 Å². The van der Waals surface area contributed by atoms with Gasteiger partial charge in [-0.25, -0.2) is 0 Å². The Morgan fingerprint density at radius 3 is 2.15 bits per heavy atom. The maximum atomic E-state index is 13.2. The number of rotatable bonds is 8. The van der Waals surface area contributed by atoms with Crippen LogP contribution >= 0.6 is 34.8 Å². The number of hydrogen-bond acceptors (Lipinski definition) is 3. The summed E-state index contributed by atoms with van der Waals surface area (Å²) in [4.78, 5) is 38.6. The highest BCUT2D eigenvalue weighted by atomic mass is 35.5. The number of ketones is 1. The number of benzene rings is 4. The van der Waals surface area contributed by atoms with Gasteiger partial charge in [-0.15, -0.1) is 0 Å². The van der Waals surface area contributed by atoms with Crippen LogP contribution in [-0.2, 0) is 4.79 Å². The molecule has 0 aliphatic carbocycles. The van der Waals surface area contributed by atoms with Gasteiger partial charge in [0.15, 0.2) is 5.78 Å². The van der Waals surface area contributed by atoms with Crippen molar-refractivity contribution >= 4 is 70.2 Å². The van der Waals surface area contributed by atoms with E-state index >= 15 is 0 Å². The maximum Gasteiger partial charge on any atom is 0.272 e. The molecule has 0 saturated carbocycles. The number of carbonyl (C=O) groups is 3. The van der Waals surface area contributed by atoms with Crippen LogP contribution in [0.1, 0.15) is 31.8 Å². The Labute approximate surface area is 240 Å². The molecule has 2 amide bonds. The number of hydrogen-bond donors (Lipinski definition) is 2. The van der Waals surface area contributed by atoms with Crippen LogP contribution in [0.15, 0.2) is 109 Å². The Hall–Kier alpha value is -4.16. The van der Waals surface area contributed by atoms with Gasteiger partial charge >= 0.3 is 0 Å². The molecule has 4 aromatic carbocycles. The van der Waals surface area contributed by atoms with E-state index in [0.717, 1.165) is 0 Å². The lowest BCUT2D eigenvalue weighted by molar-refractivity contribution is -0.113. The summed E-state index contributed by atoms with van der Waals surface area (Å²) in [5.74, 6) is -1.24. The van der Waals surface area contributed by atoms with Crippen molar-refractivity contribution in [1.82, 2.24) is 5.32 Å². The molecule has 0 aliphatic rings. The zero-order chi connectivity index (χ0) is 27.8. The molecule has 0 atom stereocenters. The summed E-state index contributed by atoms with van der Waals surface area (Å²) in [5, 5.41) is 6.68. The molecule has 0 radical (unpaired) electrons. The second kappa shape index (κ2) is 13.1. The molecule has 2 N–H and O–H groups in total. The molecule has 0 heterocycles. The quantitative estimate of drug-likeness (QED) is 0.165. The van der Waals surface area contributed by atoms with Crippen LogP contribution in [0, 0.1) is 0 Å². The monoisotopic (exact) mass is 574 g/mol. The Bertz CT molecular complexity index is 1580. The number of halogens is 3. The summed E-state index contributed by atoms with van der Waals surface area (Å²) >= 11 is 18.3. The van der Waals surface area contributed by atoms with Crippen molar-refractivity contribution < 1.29 is 14.4 Å². The van der Waals surface area contributed by atoms with Crippen LogP contribution in [0.5, 0.6) is 0 Å². The molecule has 8 heteroatoms. The standard InChI is InChI=1S/C31H21Cl3N2O3/c32-24-10-4-6-20(18-24)19-27(36-30(38)23-7-2-1-3-8-23)31(39)35-25-15-12-21(13-16-25)28(37)17-14-22-9-5-11-26(33)29(22)34/h1-19H,(H,35,39)(H,36,38)/b17-14+,27-19-. The lowest BCUT2D eigenvalue weighted by Gasteiger charge is -2.12. The van der Waals surface area contributed by atoms with Gasteiger partial charge in [0, 0.05) is 21.8 Å². The second-order valence-corrected chi connectivity index (χ2v) is 9.53. The van der Waals surface area contributed by atoms with Gasteiger partial charge in [0.1, 0.15) is 5.70 Å². The van der Waals surface area contributed by atoms with Crippen molar-refractivity contribution in [2.24, 2.45) is 0 Å². The van der Waals surface area contributed by atoms with E-state index in [1.54, 1.807) is 103 Å². The van der Waals surface area contributed by atoms with Gasteiger partial charge in [0.25, 0.3) is 11.8 Å². The number of carbonyl (C=O) groups excluding carboxylic acids is 3. The van der Waals surface area contributed by atoms with Crippen LogP contribution in [0.2, 0.25) is 15.1 Å². The molecular weight excluding hydrogens is 555 g/mol. The molecule has 0 bridgehead atoms. The molecule has 194 valence electrons. The van der Waals surface area contributed by atoms with E-state index in [1.165, 1.54) is 12.2 Å². The number of amides is 2. The summed E-state index contributed by atoms with van der Waals surface area (Å²) < 4.78 is 0. The average molecular weight is 576 g/mol. The highest BCUT2D eigenvalue weighted by molar-refractivity contribution is 6.43. The molecule has 0 saturated heterocycles. The topological polar surface area (TPSA) is 75.3 Å². The first-order valence-electron chi connectivity index (χ1n) is 11.7. The molecular formula is C31H21Cl3N2O3. The fourth-order valence-corrected chi connectivity index (χ4v) is 4.10. The summed E-state index contributed by atoms with van der Waals surface area (Å²) in [6.07, 6.45) is 4.52. The van der Waals surface area contributed by atoms with E-state index in [0.29, 0.717) is 43.0 Å². The van der Waals surface area contributed by atoms with Crippen molar-refractivity contribution in [2.45, 2.75) is 0 Å². The number of allylic oxidation sites excluding steroid dienone is 1. The van der Waals surface area contributed by atoms with Gasteiger partial charge in [0.2, 0.25) is 0 Å². The van der Waals surface area contributed by atoms with Gasteiger partial charge in [0.05, 0.1) is 10.0 Å². The smallest absolute Gasteiger partial charge is 0.272 e. The van der Waals surface area contributed by atoms with E-state index in [9.17, 15) is 14.4 Å². The summed E-state index contributed by atoms with van der Waals surface area (Å²) in [6, 6.07) is 27.0. The number of anilines is 1. The van der Waals surface area contributed by atoms with E-state index in [2.05, 4.69) is 10.6 Å². The number of nitrogens with one attached hydrogen (secondary N) is 2. The zero-order valence-corrected chi connectivity index (χ0v) is 22.6. The molecule has 4 aromatic rings. The molecule has 0 aliphatic heterocycles. The van der Waals surface area contributed by atoms with Gasteiger partial charge in [-0.3, -0.25) is 14.4 Å². The van der Waals surface area contributed by atoms with Crippen molar-refractivity contribution in [1.29, 1.82) is 0 Å². The van der Waals surface area contributed by atoms with Crippen molar-refractivity contribution in [2.75, 3.05) is 5.32 Å². The first-order chi connectivity index (χ1) is 18.8. The predicted molar refractivity (Wildman–Crippen MR) is 158 cm³/mol. The lowest BCUT2D eigenvalue weighted by atomic mass is 10.1. The van der Waals surface area contributed by atoms with Gasteiger partial charge in [-0.2, -0.15) is 0 Å². The first kappa shape index (κ1) is 27.9. The molecule has 0 spiro atoms. The SMILES string of the molecule is O=C(Nc1ccc(C(=O)/C=C/c2cccc(Cl)c2Cl)cc1)/C(=C/c1cccc(Cl)c1)NC(=O)c1ccccc1. The third kappa shape index (κ3) is 7.68. The van der Waals surface area contributed by atoms with E-state index in [1.807, 2.05) is 0 Å². The van der Waals surface area contributed by atoms with Crippen LogP contribution in [0.3, 0.4) is 0 Å². The Kier molecular flexibility index (Phi) is 9.34. The summed E-state index contributed by atoms with van der Waals surface area (Å²) in [5.41, 5.74) is 2.52. The molecule has 39 heavy (non-hydrogen) atoms. The highest BCUT2D eigenvalue weighted by Gasteiger charge is 2.15. The third-order valence-corrected chi connectivity index (χ3v) is 6.58. The lowest BCUT2D eigenvalue weighted by Crippen LogP contribution is -2.30. The minimum atomic E-state index is -0.547. The minimum absolute atomic E-state index is 0.0209. The fraction of sp³-hybridized carbons (Fsp3) is 0. The normalized spacial score (nSPS) is 11.3. The van der Waals surface area contributed by atoms with Gasteiger partial charge < -0.3 is 10.6 Å². The van der Waals surface area contributed by atoms with Gasteiger partial charge in [-0.05, 0) is 84.0 Å². The maximum absolute atomic E-state index is 13.2. The predicted octanol–water partition coefficient (Wildman–Crippen LogP) is 7.95. The van der Waals surface area contributed by atoms with Crippen LogP contribution < -0.4 is 10.6 Å². The van der Waals surface area contributed by atoms with Crippen LogP contribution in [0.25, 0.3) is 12.2 Å². The minimum Gasteiger partial charge on any atom is -0.321 e. The highest BCUT2D eigenvalue weighted by Crippen LogP contribution is 2.26. The molecule has 5 nitrogen and oxygen atoms in total. The Morgan fingerprint density at radius 2 is 1.44 bits per heavy atom. The Morgan fingerprint density at radius 1 is 0.718 bits per heavy atom. The van der Waals surface area contributed by atoms with Crippen LogP contribution in [0.4, 0.5) is 5.69 Å². The molecule has 0 aromatic heterocycles. The molecule has 4 rings (SSSR count). The van der Waals surface area contributed by atoms with Crippen molar-refractivity contribution in [3.05, 3.63) is 146 Å². The third-order valence-electron chi connectivity index (χ3n) is 5.51. The van der Waals surface area contributed by atoms with Crippen LogP contribution in [-0.4, -0.2) is 17.6 Å². The zero-order valence-electron chi connectivity index (χ0n) is 20.3. The summed E-state index contributed by atoms with van der Waals surface area (Å²) in [7, 11) is 0. The summed E-state index contributed by atoms with van der Waals surface area (Å²) in [6.45, 7) is 0. The van der Waals surface area contributed by atoms with Crippen molar-refractivity contribution in [3.8, 4) is 0 Å². The van der Waals surface area contributed by atoms with Crippen molar-refractivity contribution in [3.63, 3.8) is 0 Å². The first-order valence-corrected chi connectivity index (χ1v) is 12.8. The average Bonchev–Trinajstić information content (AvgIpc) is 2.94. The largest absolute Gasteiger partial charge is 0.321 e. The van der Waals surface area contributed by atoms with E-state index in [-0.39, 0.29) is 11.5 Å². The van der Waals surface area contributed by atoms with E-state index < -0.39 is 11.8 Å². The molecule has 0 unspecified atom stereocenters. The molecule has 0 fully saturated rings. The van der Waals surface area contributed by atoms with Gasteiger partial charge in [-0.1, -0.05) is 77.3 Å². The second-order valence-electron chi connectivity index (χ2n) is 8.31.